The van der Waals surface area contributed by atoms with Crippen molar-refractivity contribution in [3.63, 3.8) is 0 Å². The number of likely N-dealkylation sites (N-methyl/N-ethyl adjacent to an activating group) is 1. The third-order valence-electron chi connectivity index (χ3n) is 3.50. The Kier molecular flexibility index (Phi) is 3.24. The Morgan fingerprint density at radius 2 is 1.81 bits per heavy atom. The molecule has 0 aliphatic heterocycles. The smallest absolute Gasteiger partial charge is 0.126 e. The van der Waals surface area contributed by atoms with Gasteiger partial charge in [-0.2, -0.15) is 0 Å². The highest BCUT2D eigenvalue weighted by Gasteiger charge is 2.38. The van der Waals surface area contributed by atoms with Gasteiger partial charge in [-0.3, -0.25) is 0 Å². The van der Waals surface area contributed by atoms with Crippen molar-refractivity contribution in [2.24, 2.45) is 0 Å². The van der Waals surface area contributed by atoms with E-state index in [9.17, 15) is 8.78 Å². The molecule has 88 valence electrons. The molecule has 1 saturated carbocycles. The first kappa shape index (κ1) is 11.5. The van der Waals surface area contributed by atoms with Gasteiger partial charge in [0.15, 0.2) is 0 Å². The number of nitrogens with one attached hydrogen (secondary N) is 1. The van der Waals surface area contributed by atoms with Gasteiger partial charge in [-0.25, -0.2) is 8.78 Å². The van der Waals surface area contributed by atoms with Crippen LogP contribution in [0.2, 0.25) is 0 Å². The van der Waals surface area contributed by atoms with Crippen LogP contribution in [0.15, 0.2) is 18.2 Å². The van der Waals surface area contributed by atoms with Crippen LogP contribution >= 0.6 is 0 Å². The van der Waals surface area contributed by atoms with Gasteiger partial charge in [0.05, 0.1) is 0 Å². The van der Waals surface area contributed by atoms with Crippen molar-refractivity contribution < 1.29 is 8.78 Å². The summed E-state index contributed by atoms with van der Waals surface area (Å²) >= 11 is 0. The van der Waals surface area contributed by atoms with Crippen LogP contribution in [0.5, 0.6) is 0 Å². The first-order valence-corrected chi connectivity index (χ1v) is 5.83. The van der Waals surface area contributed by atoms with Gasteiger partial charge in [0.1, 0.15) is 11.6 Å². The van der Waals surface area contributed by atoms with E-state index in [1.165, 1.54) is 12.1 Å². The molecule has 2 rings (SSSR count). The first-order chi connectivity index (χ1) is 7.66. The summed E-state index contributed by atoms with van der Waals surface area (Å²) in [6, 6.07) is 3.88. The lowest BCUT2D eigenvalue weighted by Crippen LogP contribution is -2.43. The summed E-state index contributed by atoms with van der Waals surface area (Å²) in [6.07, 6.45) is 3.18. The SMILES string of the molecule is CCNCC1(c2cc(F)cc(F)c2)CCC1. The predicted molar refractivity (Wildman–Crippen MR) is 60.4 cm³/mol. The van der Waals surface area contributed by atoms with Crippen LogP contribution in [-0.4, -0.2) is 13.1 Å². The van der Waals surface area contributed by atoms with Gasteiger partial charge in [0, 0.05) is 18.0 Å². The second kappa shape index (κ2) is 4.50. The van der Waals surface area contributed by atoms with E-state index >= 15 is 0 Å². The Morgan fingerprint density at radius 1 is 1.19 bits per heavy atom. The molecular weight excluding hydrogens is 208 g/mol. The molecule has 1 N–H and O–H groups in total. The minimum Gasteiger partial charge on any atom is -0.316 e. The fraction of sp³-hybridized carbons (Fsp3) is 0.538. The minimum absolute atomic E-state index is 0.0427. The highest BCUT2D eigenvalue weighted by molar-refractivity contribution is 5.30. The van der Waals surface area contributed by atoms with Crippen molar-refractivity contribution in [3.05, 3.63) is 35.4 Å². The Balaban J connectivity index is 2.25. The van der Waals surface area contributed by atoms with E-state index in [2.05, 4.69) is 5.32 Å². The summed E-state index contributed by atoms with van der Waals surface area (Å²) in [4.78, 5) is 0. The molecule has 1 aliphatic rings. The highest BCUT2D eigenvalue weighted by Crippen LogP contribution is 2.43. The molecule has 0 spiro atoms. The molecule has 0 radical (unpaired) electrons. The quantitative estimate of drug-likeness (QED) is 0.830. The van der Waals surface area contributed by atoms with Crippen molar-refractivity contribution in [1.82, 2.24) is 5.32 Å². The monoisotopic (exact) mass is 225 g/mol. The molecule has 1 aromatic rings. The van der Waals surface area contributed by atoms with Crippen LogP contribution in [0.3, 0.4) is 0 Å². The highest BCUT2D eigenvalue weighted by atomic mass is 19.1. The van der Waals surface area contributed by atoms with Crippen molar-refractivity contribution in [2.75, 3.05) is 13.1 Å². The lowest BCUT2D eigenvalue weighted by Gasteiger charge is -2.42. The molecular formula is C13H17F2N. The van der Waals surface area contributed by atoms with Crippen LogP contribution in [0, 0.1) is 11.6 Å². The zero-order valence-electron chi connectivity index (χ0n) is 9.52. The Morgan fingerprint density at radius 3 is 2.25 bits per heavy atom. The molecule has 0 aromatic heterocycles. The second-order valence-corrected chi connectivity index (χ2v) is 4.57. The largest absolute Gasteiger partial charge is 0.316 e. The van der Waals surface area contributed by atoms with Crippen LogP contribution in [0.1, 0.15) is 31.7 Å². The molecule has 0 bridgehead atoms. The number of hydrogen-bond acceptors (Lipinski definition) is 1. The van der Waals surface area contributed by atoms with E-state index in [4.69, 9.17) is 0 Å². The fourth-order valence-electron chi connectivity index (χ4n) is 2.40. The van der Waals surface area contributed by atoms with Crippen LogP contribution in [0.25, 0.3) is 0 Å². The molecule has 0 amide bonds. The number of hydrogen-bond donors (Lipinski definition) is 1. The lowest BCUT2D eigenvalue weighted by molar-refractivity contribution is 0.234. The third kappa shape index (κ3) is 2.09. The topological polar surface area (TPSA) is 12.0 Å². The molecule has 1 nitrogen and oxygen atoms in total. The maximum atomic E-state index is 13.2. The van der Waals surface area contributed by atoms with E-state index in [1.54, 1.807) is 0 Å². The number of rotatable bonds is 4. The average Bonchev–Trinajstić information content (AvgIpc) is 2.14. The average molecular weight is 225 g/mol. The van der Waals surface area contributed by atoms with Crippen molar-refractivity contribution in [2.45, 2.75) is 31.6 Å². The van der Waals surface area contributed by atoms with Gasteiger partial charge in [-0.05, 0) is 37.1 Å². The zero-order valence-corrected chi connectivity index (χ0v) is 9.52. The maximum Gasteiger partial charge on any atom is 0.126 e. The molecule has 1 fully saturated rings. The molecule has 3 heteroatoms. The van der Waals surface area contributed by atoms with Gasteiger partial charge in [0.2, 0.25) is 0 Å². The van der Waals surface area contributed by atoms with E-state index in [0.29, 0.717) is 0 Å². The summed E-state index contributed by atoms with van der Waals surface area (Å²) in [5.74, 6) is -0.949. The Labute approximate surface area is 94.9 Å². The van der Waals surface area contributed by atoms with E-state index in [-0.39, 0.29) is 5.41 Å². The molecule has 0 saturated heterocycles. The molecule has 1 aliphatic carbocycles. The lowest BCUT2D eigenvalue weighted by atomic mass is 9.64. The summed E-state index contributed by atoms with van der Waals surface area (Å²) in [5.41, 5.74) is 0.760. The van der Waals surface area contributed by atoms with Gasteiger partial charge < -0.3 is 5.32 Å². The van der Waals surface area contributed by atoms with Crippen LogP contribution in [0.4, 0.5) is 8.78 Å². The van der Waals surface area contributed by atoms with Crippen molar-refractivity contribution in [1.29, 1.82) is 0 Å². The first-order valence-electron chi connectivity index (χ1n) is 5.83. The summed E-state index contributed by atoms with van der Waals surface area (Å²) in [7, 11) is 0. The van der Waals surface area contributed by atoms with Crippen LogP contribution < -0.4 is 5.32 Å². The molecule has 16 heavy (non-hydrogen) atoms. The molecule has 0 unspecified atom stereocenters. The van der Waals surface area contributed by atoms with Gasteiger partial charge in [-0.1, -0.05) is 13.3 Å². The van der Waals surface area contributed by atoms with Crippen LogP contribution in [-0.2, 0) is 5.41 Å². The second-order valence-electron chi connectivity index (χ2n) is 4.57. The van der Waals surface area contributed by atoms with E-state index < -0.39 is 11.6 Å². The number of benzene rings is 1. The maximum absolute atomic E-state index is 13.2. The van der Waals surface area contributed by atoms with Gasteiger partial charge in [0.25, 0.3) is 0 Å². The minimum atomic E-state index is -0.474. The van der Waals surface area contributed by atoms with Gasteiger partial charge >= 0.3 is 0 Å². The Bertz CT molecular complexity index is 352. The number of halogens is 2. The normalized spacial score (nSPS) is 18.2. The molecule has 0 heterocycles. The molecule has 0 atom stereocenters. The van der Waals surface area contributed by atoms with Crippen molar-refractivity contribution in [3.8, 4) is 0 Å². The van der Waals surface area contributed by atoms with E-state index in [1.807, 2.05) is 6.92 Å². The standard InChI is InChI=1S/C13H17F2N/c1-2-16-9-13(4-3-5-13)10-6-11(14)8-12(15)7-10/h6-8,16H,2-5,9H2,1H3. The Hall–Kier alpha value is -0.960. The van der Waals surface area contributed by atoms with Gasteiger partial charge in [-0.15, -0.1) is 0 Å². The summed E-state index contributed by atoms with van der Waals surface area (Å²) in [6.45, 7) is 3.74. The fourth-order valence-corrected chi connectivity index (χ4v) is 2.40. The molecule has 1 aromatic carbocycles. The van der Waals surface area contributed by atoms with E-state index in [0.717, 1.165) is 44.0 Å². The zero-order chi connectivity index (χ0) is 11.6. The third-order valence-corrected chi connectivity index (χ3v) is 3.50. The summed E-state index contributed by atoms with van der Waals surface area (Å²) < 4.78 is 26.4. The predicted octanol–water partition coefficient (Wildman–Crippen LogP) is 3.00. The summed E-state index contributed by atoms with van der Waals surface area (Å²) in [5, 5.41) is 3.28. The van der Waals surface area contributed by atoms with Crippen molar-refractivity contribution >= 4 is 0 Å².